The lowest BCUT2D eigenvalue weighted by Gasteiger charge is -2.21. The van der Waals surface area contributed by atoms with Gasteiger partial charge in [-0.15, -0.1) is 0 Å². The Kier molecular flexibility index (Phi) is 2.56. The maximum absolute atomic E-state index is 10.7. The molecule has 0 spiro atoms. The highest BCUT2D eigenvalue weighted by Gasteiger charge is 2.29. The molecule has 0 aliphatic carbocycles. The molecule has 1 aromatic rings. The molecule has 0 aliphatic heterocycles. The van der Waals surface area contributed by atoms with Gasteiger partial charge in [0.25, 0.3) is 0 Å². The number of hydrogen-bond acceptors (Lipinski definition) is 2. The fourth-order valence-electron chi connectivity index (χ4n) is 0.778. The van der Waals surface area contributed by atoms with Crippen molar-refractivity contribution in [2.24, 2.45) is 0 Å². The minimum Gasteiger partial charge on any atom is -0.478 e. The van der Waals surface area contributed by atoms with Crippen molar-refractivity contribution >= 4 is 5.97 Å². The summed E-state index contributed by atoms with van der Waals surface area (Å²) in [5.41, 5.74) is -1.19. The predicted octanol–water partition coefficient (Wildman–Crippen LogP) is 1.73. The van der Waals surface area contributed by atoms with E-state index in [1.165, 1.54) is 13.8 Å². The van der Waals surface area contributed by atoms with Gasteiger partial charge in [-0.05, 0) is 32.0 Å². The summed E-state index contributed by atoms with van der Waals surface area (Å²) in [6.07, 6.45) is 0. The summed E-state index contributed by atoms with van der Waals surface area (Å²) in [6.45, 7) is 3.01. The number of rotatable bonds is 3. The van der Waals surface area contributed by atoms with Gasteiger partial charge >= 0.3 is 5.97 Å². The third kappa shape index (κ3) is 2.47. The summed E-state index contributed by atoms with van der Waals surface area (Å²) in [5, 5.41) is 8.77. The normalized spacial score (nSPS) is 10.9. The van der Waals surface area contributed by atoms with Crippen molar-refractivity contribution in [3.05, 3.63) is 30.3 Å². The Labute approximate surface area is 77.0 Å². The second-order valence-corrected chi connectivity index (χ2v) is 3.15. The average Bonchev–Trinajstić information content (AvgIpc) is 2.05. The lowest BCUT2D eigenvalue weighted by molar-refractivity contribution is -0.152. The van der Waals surface area contributed by atoms with E-state index >= 15 is 0 Å². The first-order valence-electron chi connectivity index (χ1n) is 3.91. The summed E-state index contributed by atoms with van der Waals surface area (Å²) in [7, 11) is 0. The predicted molar refractivity (Wildman–Crippen MR) is 47.6 cm³/mol. The van der Waals surface area contributed by atoms with Crippen LogP contribution in [0.2, 0.25) is 0 Å². The highest BCUT2D eigenvalue weighted by Crippen LogP contribution is 2.17. The number of carbonyl (C=O) groups is 1. The van der Waals surface area contributed by atoms with Gasteiger partial charge < -0.3 is 9.84 Å². The molecule has 1 rings (SSSR count). The summed E-state index contributed by atoms with van der Waals surface area (Å²) in [5.74, 6) is -0.452. The molecule has 0 fully saturated rings. The monoisotopic (exact) mass is 179 g/mol. The summed E-state index contributed by atoms with van der Waals surface area (Å²) < 4.78 is 5.24. The van der Waals surface area contributed by atoms with Crippen molar-refractivity contribution in [2.75, 3.05) is 0 Å². The van der Waals surface area contributed by atoms with Crippen molar-refractivity contribution in [3.63, 3.8) is 0 Å². The van der Waals surface area contributed by atoms with Gasteiger partial charge in [-0.2, -0.15) is 0 Å². The quantitative estimate of drug-likeness (QED) is 0.768. The first kappa shape index (κ1) is 9.58. The van der Waals surface area contributed by atoms with Crippen LogP contribution in [0.25, 0.3) is 0 Å². The van der Waals surface area contributed by atoms with Crippen molar-refractivity contribution in [1.29, 1.82) is 0 Å². The smallest absolute Gasteiger partial charge is 0.347 e. The third-order valence-electron chi connectivity index (χ3n) is 1.58. The molecule has 1 radical (unpaired) electrons. The Hall–Kier alpha value is -1.51. The lowest BCUT2D eigenvalue weighted by atomic mass is 10.1. The summed E-state index contributed by atoms with van der Waals surface area (Å²) in [6, 6.07) is 9.51. The van der Waals surface area contributed by atoms with Crippen molar-refractivity contribution < 1.29 is 14.6 Å². The Morgan fingerprint density at radius 1 is 1.46 bits per heavy atom. The fourth-order valence-corrected chi connectivity index (χ4v) is 0.778. The molecule has 0 amide bonds. The Morgan fingerprint density at radius 2 is 2.00 bits per heavy atom. The van der Waals surface area contributed by atoms with Crippen molar-refractivity contribution in [3.8, 4) is 5.75 Å². The van der Waals surface area contributed by atoms with Crippen LogP contribution in [0.3, 0.4) is 0 Å². The molecule has 0 atom stereocenters. The van der Waals surface area contributed by atoms with Crippen LogP contribution < -0.4 is 4.74 Å². The largest absolute Gasteiger partial charge is 0.478 e. The standard InChI is InChI=1S/C10H11O3/c1-10(2,9(11)12)13-8-6-4-3-5-7-8/h4-7H,1-2H3,(H,11,12). The maximum Gasteiger partial charge on any atom is 0.347 e. The number of benzene rings is 1. The minimum absolute atomic E-state index is 0.533. The van der Waals surface area contributed by atoms with Gasteiger partial charge in [-0.25, -0.2) is 4.79 Å². The summed E-state index contributed by atoms with van der Waals surface area (Å²) >= 11 is 0. The zero-order valence-electron chi connectivity index (χ0n) is 7.57. The second-order valence-electron chi connectivity index (χ2n) is 3.15. The van der Waals surface area contributed by atoms with Crippen LogP contribution in [-0.4, -0.2) is 16.7 Å². The molecule has 69 valence electrons. The molecule has 13 heavy (non-hydrogen) atoms. The van der Waals surface area contributed by atoms with Gasteiger partial charge in [0.2, 0.25) is 0 Å². The van der Waals surface area contributed by atoms with Gasteiger partial charge in [-0.3, -0.25) is 0 Å². The van der Waals surface area contributed by atoms with Gasteiger partial charge in [0.1, 0.15) is 5.75 Å². The number of carboxylic acid groups (broad SMARTS) is 1. The van der Waals surface area contributed by atoms with Crippen LogP contribution in [0.5, 0.6) is 5.75 Å². The topological polar surface area (TPSA) is 46.5 Å². The van der Waals surface area contributed by atoms with E-state index in [1.54, 1.807) is 24.3 Å². The molecular weight excluding hydrogens is 168 g/mol. The van der Waals surface area contributed by atoms with Crippen molar-refractivity contribution in [2.45, 2.75) is 19.4 Å². The Morgan fingerprint density at radius 3 is 2.46 bits per heavy atom. The molecule has 1 N–H and O–H groups in total. The van der Waals surface area contributed by atoms with E-state index in [1.807, 2.05) is 0 Å². The lowest BCUT2D eigenvalue weighted by Crippen LogP contribution is -2.37. The molecule has 0 aliphatic rings. The van der Waals surface area contributed by atoms with Gasteiger partial charge in [-0.1, -0.05) is 12.1 Å². The number of aliphatic carboxylic acids is 1. The van der Waals surface area contributed by atoms with Crippen LogP contribution in [0.15, 0.2) is 24.3 Å². The van der Waals surface area contributed by atoms with E-state index < -0.39 is 11.6 Å². The summed E-state index contributed by atoms with van der Waals surface area (Å²) in [4.78, 5) is 10.7. The molecule has 3 heteroatoms. The highest BCUT2D eigenvalue weighted by atomic mass is 16.5. The SMILES string of the molecule is CC(C)(Oc1cc[c]cc1)C(=O)O. The molecule has 1 aromatic carbocycles. The van der Waals surface area contributed by atoms with Gasteiger partial charge in [0, 0.05) is 0 Å². The first-order chi connectivity index (χ1) is 6.02. The molecule has 0 aromatic heterocycles. The van der Waals surface area contributed by atoms with E-state index in [2.05, 4.69) is 6.07 Å². The molecule has 0 bridgehead atoms. The van der Waals surface area contributed by atoms with Gasteiger partial charge in [0.15, 0.2) is 5.60 Å². The third-order valence-corrected chi connectivity index (χ3v) is 1.58. The zero-order chi connectivity index (χ0) is 9.90. The van der Waals surface area contributed by atoms with E-state index in [0.29, 0.717) is 5.75 Å². The zero-order valence-corrected chi connectivity index (χ0v) is 7.57. The second kappa shape index (κ2) is 3.47. The van der Waals surface area contributed by atoms with Gasteiger partial charge in [0.05, 0.1) is 0 Å². The highest BCUT2D eigenvalue weighted by molar-refractivity contribution is 5.76. The molecule has 3 nitrogen and oxygen atoms in total. The van der Waals surface area contributed by atoms with E-state index in [9.17, 15) is 4.79 Å². The van der Waals surface area contributed by atoms with Crippen LogP contribution >= 0.6 is 0 Å². The first-order valence-corrected chi connectivity index (χ1v) is 3.91. The van der Waals surface area contributed by atoms with Crippen LogP contribution in [-0.2, 0) is 4.79 Å². The number of carboxylic acids is 1. The van der Waals surface area contributed by atoms with Crippen LogP contribution in [0, 0.1) is 6.07 Å². The van der Waals surface area contributed by atoms with Crippen LogP contribution in [0.4, 0.5) is 0 Å². The fraction of sp³-hybridized carbons (Fsp3) is 0.300. The average molecular weight is 179 g/mol. The molecule has 0 unspecified atom stereocenters. The molecule has 0 saturated carbocycles. The molecular formula is C10H11O3. The van der Waals surface area contributed by atoms with E-state index in [4.69, 9.17) is 9.84 Å². The minimum atomic E-state index is -1.19. The maximum atomic E-state index is 10.7. The molecule has 0 heterocycles. The Balaban J connectivity index is 2.75. The van der Waals surface area contributed by atoms with Crippen LogP contribution in [0.1, 0.15) is 13.8 Å². The number of hydrogen-bond donors (Lipinski definition) is 1. The van der Waals surface area contributed by atoms with E-state index in [0.717, 1.165) is 0 Å². The van der Waals surface area contributed by atoms with Crippen molar-refractivity contribution in [1.82, 2.24) is 0 Å². The Bertz CT molecular complexity index is 290. The van der Waals surface area contributed by atoms with E-state index in [-0.39, 0.29) is 0 Å². The molecule has 0 saturated heterocycles. The number of ether oxygens (including phenoxy) is 1.